The lowest BCUT2D eigenvalue weighted by Crippen LogP contribution is -2.34. The Hall–Kier alpha value is -3.91. The Morgan fingerprint density at radius 2 is 1.88 bits per heavy atom. The lowest BCUT2D eigenvalue weighted by atomic mass is 10.2. The second-order valence-electron chi connectivity index (χ2n) is 6.93. The van der Waals surface area contributed by atoms with Gasteiger partial charge in [-0.15, -0.1) is 0 Å². The van der Waals surface area contributed by atoms with E-state index in [1.165, 1.54) is 35.4 Å². The number of hydrogen-bond donors (Lipinski definition) is 1. The Balaban J connectivity index is 1.78. The Morgan fingerprint density at radius 1 is 1.09 bits per heavy atom. The summed E-state index contributed by atoms with van der Waals surface area (Å²) >= 11 is 6.14. The van der Waals surface area contributed by atoms with E-state index in [2.05, 4.69) is 5.10 Å². The molecular weight excluding hydrogens is 435 g/mol. The van der Waals surface area contributed by atoms with Gasteiger partial charge in [0.1, 0.15) is 11.5 Å². The zero-order chi connectivity index (χ0) is 22.7. The van der Waals surface area contributed by atoms with Crippen LogP contribution in [0.25, 0.3) is 17.1 Å². The summed E-state index contributed by atoms with van der Waals surface area (Å²) in [6.45, 7) is 0.0138. The predicted molar refractivity (Wildman–Crippen MR) is 118 cm³/mol. The molecule has 2 N–H and O–H groups in total. The number of carbonyl (C=O) groups is 2. The van der Waals surface area contributed by atoms with E-state index in [0.29, 0.717) is 27.9 Å². The highest BCUT2D eigenvalue weighted by atomic mass is 35.5. The van der Waals surface area contributed by atoms with Crippen LogP contribution in [-0.2, 0) is 4.79 Å². The maximum atomic E-state index is 13.4. The average Bonchev–Trinajstić information content (AvgIpc) is 3.45. The van der Waals surface area contributed by atoms with Crippen LogP contribution in [0, 0.1) is 5.82 Å². The molecule has 32 heavy (non-hydrogen) atoms. The monoisotopic (exact) mass is 452 g/mol. The van der Waals surface area contributed by atoms with Gasteiger partial charge in [0.2, 0.25) is 5.91 Å². The minimum Gasteiger partial charge on any atom is -0.463 e. The van der Waals surface area contributed by atoms with Crippen molar-refractivity contribution >= 4 is 29.1 Å². The van der Waals surface area contributed by atoms with E-state index >= 15 is 0 Å². The van der Waals surface area contributed by atoms with Crippen LogP contribution in [-0.4, -0.2) is 28.1 Å². The molecule has 2 aromatic heterocycles. The fraction of sp³-hybridized carbons (Fsp3) is 0.0870. The summed E-state index contributed by atoms with van der Waals surface area (Å²) in [6.07, 6.45) is 1.45. The van der Waals surface area contributed by atoms with E-state index in [4.69, 9.17) is 21.8 Å². The first-order chi connectivity index (χ1) is 15.4. The predicted octanol–water partition coefficient (Wildman–Crippen LogP) is 4.45. The highest BCUT2D eigenvalue weighted by Crippen LogP contribution is 2.27. The van der Waals surface area contributed by atoms with E-state index < -0.39 is 17.6 Å². The van der Waals surface area contributed by atoms with Crippen molar-refractivity contribution in [2.75, 3.05) is 11.4 Å². The number of halogens is 2. The van der Waals surface area contributed by atoms with E-state index in [1.807, 2.05) is 0 Å². The average molecular weight is 453 g/mol. The number of anilines is 1. The van der Waals surface area contributed by atoms with Crippen molar-refractivity contribution in [1.29, 1.82) is 0 Å². The van der Waals surface area contributed by atoms with Crippen molar-refractivity contribution in [3.05, 3.63) is 89.5 Å². The summed E-state index contributed by atoms with van der Waals surface area (Å²) in [7, 11) is 0. The van der Waals surface area contributed by atoms with Gasteiger partial charge in [0, 0.05) is 29.7 Å². The van der Waals surface area contributed by atoms with Gasteiger partial charge in [-0.05, 0) is 54.6 Å². The van der Waals surface area contributed by atoms with Crippen LogP contribution in [0.2, 0.25) is 5.02 Å². The Bertz CT molecular complexity index is 1250. The summed E-state index contributed by atoms with van der Waals surface area (Å²) in [4.78, 5) is 26.1. The van der Waals surface area contributed by atoms with Crippen molar-refractivity contribution < 1.29 is 18.4 Å². The van der Waals surface area contributed by atoms with Gasteiger partial charge < -0.3 is 15.1 Å². The molecule has 0 aliphatic heterocycles. The summed E-state index contributed by atoms with van der Waals surface area (Å²) in [5.41, 5.74) is 6.97. The first-order valence-electron chi connectivity index (χ1n) is 9.68. The molecule has 0 saturated heterocycles. The molecule has 2 heterocycles. The molecule has 0 aliphatic rings. The molecular formula is C23H18ClFN4O3. The van der Waals surface area contributed by atoms with E-state index in [9.17, 15) is 14.0 Å². The lowest BCUT2D eigenvalue weighted by Gasteiger charge is -2.21. The minimum absolute atomic E-state index is 0.0138. The minimum atomic E-state index is -0.564. The molecule has 0 atom stereocenters. The number of furan rings is 1. The topological polar surface area (TPSA) is 94.4 Å². The zero-order valence-electron chi connectivity index (χ0n) is 16.7. The molecule has 0 unspecified atom stereocenters. The second kappa shape index (κ2) is 9.07. The largest absolute Gasteiger partial charge is 0.463 e. The number of carbonyl (C=O) groups excluding carboxylic acids is 2. The van der Waals surface area contributed by atoms with Gasteiger partial charge in [0.05, 0.1) is 12.0 Å². The highest BCUT2D eigenvalue weighted by molar-refractivity contribution is 6.30. The van der Waals surface area contributed by atoms with Crippen LogP contribution in [0.15, 0.2) is 77.4 Å². The summed E-state index contributed by atoms with van der Waals surface area (Å²) in [5.74, 6) is -0.986. The number of aromatic nitrogens is 2. The fourth-order valence-electron chi connectivity index (χ4n) is 3.22. The van der Waals surface area contributed by atoms with Gasteiger partial charge >= 0.3 is 0 Å². The van der Waals surface area contributed by atoms with Crippen LogP contribution < -0.4 is 10.6 Å². The van der Waals surface area contributed by atoms with Crippen molar-refractivity contribution in [3.63, 3.8) is 0 Å². The summed E-state index contributed by atoms with van der Waals surface area (Å²) < 4.78 is 20.5. The Labute approximate surface area is 187 Å². The highest BCUT2D eigenvalue weighted by Gasteiger charge is 2.24. The van der Waals surface area contributed by atoms with Gasteiger partial charge in [-0.1, -0.05) is 17.7 Å². The number of rotatable bonds is 7. The third-order valence-corrected chi connectivity index (χ3v) is 4.96. The first kappa shape index (κ1) is 21.3. The number of nitrogens with two attached hydrogens (primary N) is 1. The number of nitrogens with zero attached hydrogens (tertiary/aromatic N) is 3. The molecule has 2 amide bonds. The van der Waals surface area contributed by atoms with Crippen LogP contribution in [0.3, 0.4) is 0 Å². The first-order valence-corrected chi connectivity index (χ1v) is 10.1. The molecule has 4 aromatic rings. The van der Waals surface area contributed by atoms with Gasteiger partial charge in [-0.3, -0.25) is 9.59 Å². The molecule has 0 saturated carbocycles. The summed E-state index contributed by atoms with van der Waals surface area (Å²) in [6, 6.07) is 17.4. The van der Waals surface area contributed by atoms with Gasteiger partial charge in [-0.25, -0.2) is 9.07 Å². The van der Waals surface area contributed by atoms with Crippen LogP contribution in [0.4, 0.5) is 10.1 Å². The SMILES string of the molecule is NC(=O)CCN(C(=O)c1cc(-c2ccco2)n(-c2cccc(Cl)c2)n1)c1ccc(F)cc1. The number of primary amides is 1. The van der Waals surface area contributed by atoms with Crippen LogP contribution in [0.5, 0.6) is 0 Å². The molecule has 0 spiro atoms. The maximum absolute atomic E-state index is 13.4. The molecule has 0 bridgehead atoms. The molecule has 2 aromatic carbocycles. The summed E-state index contributed by atoms with van der Waals surface area (Å²) in [5, 5.41) is 4.99. The van der Waals surface area contributed by atoms with Crippen LogP contribution in [0.1, 0.15) is 16.9 Å². The Morgan fingerprint density at radius 3 is 2.53 bits per heavy atom. The molecule has 9 heteroatoms. The van der Waals surface area contributed by atoms with Crippen LogP contribution >= 0.6 is 11.6 Å². The van der Waals surface area contributed by atoms with Crippen molar-refractivity contribution in [1.82, 2.24) is 9.78 Å². The Kier molecular flexibility index (Phi) is 6.04. The number of benzene rings is 2. The molecule has 7 nitrogen and oxygen atoms in total. The number of hydrogen-bond acceptors (Lipinski definition) is 4. The molecule has 0 radical (unpaired) electrons. The lowest BCUT2D eigenvalue weighted by molar-refractivity contribution is -0.117. The number of amides is 2. The van der Waals surface area contributed by atoms with Gasteiger partial charge in [0.25, 0.3) is 5.91 Å². The van der Waals surface area contributed by atoms with Gasteiger partial charge in [-0.2, -0.15) is 5.10 Å². The zero-order valence-corrected chi connectivity index (χ0v) is 17.5. The van der Waals surface area contributed by atoms with Gasteiger partial charge in [0.15, 0.2) is 11.5 Å². The van der Waals surface area contributed by atoms with E-state index in [0.717, 1.165) is 0 Å². The maximum Gasteiger partial charge on any atom is 0.278 e. The quantitative estimate of drug-likeness (QED) is 0.448. The third-order valence-electron chi connectivity index (χ3n) is 4.72. The molecule has 4 rings (SSSR count). The van der Waals surface area contributed by atoms with Crippen molar-refractivity contribution in [2.45, 2.75) is 6.42 Å². The normalized spacial score (nSPS) is 10.8. The van der Waals surface area contributed by atoms with Crippen molar-refractivity contribution in [2.24, 2.45) is 5.73 Å². The van der Waals surface area contributed by atoms with Crippen molar-refractivity contribution in [3.8, 4) is 17.1 Å². The second-order valence-corrected chi connectivity index (χ2v) is 7.37. The molecule has 0 aliphatic carbocycles. The van der Waals surface area contributed by atoms with E-state index in [1.54, 1.807) is 47.1 Å². The smallest absolute Gasteiger partial charge is 0.278 e. The molecule has 0 fully saturated rings. The third kappa shape index (κ3) is 4.55. The van der Waals surface area contributed by atoms with E-state index in [-0.39, 0.29) is 18.7 Å². The molecule has 162 valence electrons. The fourth-order valence-corrected chi connectivity index (χ4v) is 3.40. The standard InChI is InChI=1S/C23H18ClFN4O3/c24-15-3-1-4-18(13-15)29-20(21-5-2-12-32-21)14-19(27-29)23(31)28(11-10-22(26)30)17-8-6-16(25)7-9-17/h1-9,12-14H,10-11H2,(H2,26,30).